The van der Waals surface area contributed by atoms with Gasteiger partial charge in [-0.25, -0.2) is 0 Å². The minimum Gasteiger partial charge on any atom is -0.305 e. The van der Waals surface area contributed by atoms with Crippen molar-refractivity contribution in [3.63, 3.8) is 0 Å². The summed E-state index contributed by atoms with van der Waals surface area (Å²) in [5.41, 5.74) is 3.29. The fourth-order valence-corrected chi connectivity index (χ4v) is 2.71. The lowest BCUT2D eigenvalue weighted by Gasteiger charge is -2.22. The summed E-state index contributed by atoms with van der Waals surface area (Å²) in [7, 11) is 1.96. The monoisotopic (exact) mass is 309 g/mol. The third kappa shape index (κ3) is 3.14. The Morgan fingerprint density at radius 2 is 2.00 bits per heavy atom. The second-order valence-electron chi connectivity index (χ2n) is 5.61. The van der Waals surface area contributed by atoms with Crippen LogP contribution in [0.4, 0.5) is 0 Å². The Hall–Kier alpha value is -1.33. The van der Waals surface area contributed by atoms with Gasteiger partial charge in [-0.2, -0.15) is 10.2 Å². The van der Waals surface area contributed by atoms with Gasteiger partial charge >= 0.3 is 0 Å². The maximum atomic E-state index is 6.42. The Bertz CT molecular complexity index is 599. The molecule has 2 heterocycles. The molecule has 21 heavy (non-hydrogen) atoms. The van der Waals surface area contributed by atoms with Gasteiger partial charge < -0.3 is 5.32 Å². The van der Waals surface area contributed by atoms with Crippen molar-refractivity contribution in [3.05, 3.63) is 34.4 Å². The van der Waals surface area contributed by atoms with Crippen molar-refractivity contribution in [3.8, 4) is 0 Å². The predicted octanol–water partition coefficient (Wildman–Crippen LogP) is 3.25. The second-order valence-corrected chi connectivity index (χ2v) is 6.02. The molecule has 0 aliphatic heterocycles. The predicted molar refractivity (Wildman–Crippen MR) is 85.7 cm³/mol. The van der Waals surface area contributed by atoms with Crippen molar-refractivity contribution < 1.29 is 0 Å². The summed E-state index contributed by atoms with van der Waals surface area (Å²) in [5, 5.41) is 13.1. The Kier molecular flexibility index (Phi) is 5.06. The minimum atomic E-state index is 0.0102. The van der Waals surface area contributed by atoms with E-state index in [1.165, 1.54) is 0 Å². The highest BCUT2D eigenvalue weighted by atomic mass is 35.5. The van der Waals surface area contributed by atoms with Gasteiger partial charge in [-0.1, -0.05) is 18.5 Å². The van der Waals surface area contributed by atoms with E-state index < -0.39 is 0 Å². The zero-order chi connectivity index (χ0) is 15.6. The zero-order valence-corrected chi connectivity index (χ0v) is 14.1. The number of nitrogens with one attached hydrogen (secondary N) is 1. The molecule has 0 amide bonds. The van der Waals surface area contributed by atoms with E-state index in [0.717, 1.165) is 29.9 Å². The van der Waals surface area contributed by atoms with Crippen molar-refractivity contribution in [1.82, 2.24) is 24.9 Å². The molecule has 2 rings (SSSR count). The molecule has 0 aromatic carbocycles. The van der Waals surface area contributed by atoms with E-state index in [2.05, 4.69) is 43.2 Å². The number of hydrogen-bond acceptors (Lipinski definition) is 3. The number of aryl methyl sites for hydroxylation is 1. The summed E-state index contributed by atoms with van der Waals surface area (Å²) in [4.78, 5) is 0. The molecule has 1 atom stereocenters. The van der Waals surface area contributed by atoms with Gasteiger partial charge in [0.25, 0.3) is 0 Å². The SMILES string of the molecule is CCCNC(c1cnn(C)c1C)c1c(Cl)cnn1C(C)C. The third-order valence-corrected chi connectivity index (χ3v) is 4.02. The molecule has 5 nitrogen and oxygen atoms in total. The molecule has 2 aromatic heterocycles. The molecule has 0 aliphatic carbocycles. The summed E-state index contributed by atoms with van der Waals surface area (Å²) in [6.45, 7) is 9.37. The van der Waals surface area contributed by atoms with Gasteiger partial charge in [0.1, 0.15) is 0 Å². The molecule has 0 spiro atoms. The van der Waals surface area contributed by atoms with Gasteiger partial charge in [0.05, 0.1) is 29.2 Å². The second kappa shape index (κ2) is 6.62. The molecule has 0 saturated carbocycles. The van der Waals surface area contributed by atoms with E-state index in [0.29, 0.717) is 5.02 Å². The highest BCUT2D eigenvalue weighted by Crippen LogP contribution is 2.31. The van der Waals surface area contributed by atoms with Crippen LogP contribution in [0, 0.1) is 6.92 Å². The summed E-state index contributed by atoms with van der Waals surface area (Å²) in [6.07, 6.45) is 4.70. The number of rotatable bonds is 6. The van der Waals surface area contributed by atoms with Gasteiger partial charge in [-0.15, -0.1) is 0 Å². The first-order valence-corrected chi connectivity index (χ1v) is 7.79. The molecule has 0 saturated heterocycles. The molecule has 0 bridgehead atoms. The van der Waals surface area contributed by atoms with Crippen molar-refractivity contribution in [2.75, 3.05) is 6.54 Å². The number of nitrogens with zero attached hydrogens (tertiary/aromatic N) is 4. The molecule has 116 valence electrons. The van der Waals surface area contributed by atoms with Crippen LogP contribution in [-0.4, -0.2) is 26.1 Å². The molecule has 0 fully saturated rings. The van der Waals surface area contributed by atoms with Crippen LogP contribution >= 0.6 is 11.6 Å². The first kappa shape index (κ1) is 16.0. The molecular formula is C15H24ClN5. The van der Waals surface area contributed by atoms with Gasteiger partial charge in [0, 0.05) is 24.3 Å². The molecular weight excluding hydrogens is 286 g/mol. The average Bonchev–Trinajstić information content (AvgIpc) is 2.97. The van der Waals surface area contributed by atoms with Crippen LogP contribution in [0.3, 0.4) is 0 Å². The summed E-state index contributed by atoms with van der Waals surface area (Å²) in [6, 6.07) is 0.270. The number of hydrogen-bond donors (Lipinski definition) is 1. The standard InChI is InChI=1S/C15H24ClN5/c1-6-7-17-14(12-8-18-20(5)11(12)4)15-13(16)9-19-21(15)10(2)3/h8-10,14,17H,6-7H2,1-5H3. The molecule has 1 unspecified atom stereocenters. The summed E-state index contributed by atoms with van der Waals surface area (Å²) < 4.78 is 3.88. The van der Waals surface area contributed by atoms with Crippen LogP contribution in [0.1, 0.15) is 56.2 Å². The normalized spacial score (nSPS) is 13.1. The molecule has 6 heteroatoms. The fraction of sp³-hybridized carbons (Fsp3) is 0.600. The lowest BCUT2D eigenvalue weighted by Crippen LogP contribution is -2.27. The van der Waals surface area contributed by atoms with Crippen molar-refractivity contribution in [2.24, 2.45) is 7.05 Å². The summed E-state index contributed by atoms with van der Waals surface area (Å²) >= 11 is 6.42. The maximum Gasteiger partial charge on any atom is 0.0837 e. The molecule has 1 N–H and O–H groups in total. The Labute approximate surface area is 131 Å². The lowest BCUT2D eigenvalue weighted by molar-refractivity contribution is 0.471. The highest BCUT2D eigenvalue weighted by molar-refractivity contribution is 6.31. The molecule has 2 aromatic rings. The third-order valence-electron chi connectivity index (χ3n) is 3.73. The van der Waals surface area contributed by atoms with Gasteiger partial charge in [-0.05, 0) is 33.7 Å². The van der Waals surface area contributed by atoms with E-state index in [1.54, 1.807) is 6.20 Å². The zero-order valence-electron chi connectivity index (χ0n) is 13.4. The van der Waals surface area contributed by atoms with E-state index in [1.807, 2.05) is 22.6 Å². The highest BCUT2D eigenvalue weighted by Gasteiger charge is 2.25. The lowest BCUT2D eigenvalue weighted by atomic mass is 10.0. The minimum absolute atomic E-state index is 0.0102. The Morgan fingerprint density at radius 3 is 2.52 bits per heavy atom. The molecule has 0 radical (unpaired) electrons. The van der Waals surface area contributed by atoms with E-state index >= 15 is 0 Å². The van der Waals surface area contributed by atoms with Crippen LogP contribution in [0.25, 0.3) is 0 Å². The average molecular weight is 310 g/mol. The largest absolute Gasteiger partial charge is 0.305 e. The van der Waals surface area contributed by atoms with Crippen molar-refractivity contribution in [1.29, 1.82) is 0 Å². The number of halogens is 1. The van der Waals surface area contributed by atoms with E-state index in [9.17, 15) is 0 Å². The first-order chi connectivity index (χ1) is 9.97. The topological polar surface area (TPSA) is 47.7 Å². The van der Waals surface area contributed by atoms with Crippen LogP contribution in [0.15, 0.2) is 12.4 Å². The van der Waals surface area contributed by atoms with Gasteiger partial charge in [-0.3, -0.25) is 9.36 Å². The molecule has 0 aliphatic rings. The van der Waals surface area contributed by atoms with Gasteiger partial charge in [0.15, 0.2) is 0 Å². The van der Waals surface area contributed by atoms with Crippen LogP contribution in [0.5, 0.6) is 0 Å². The smallest absolute Gasteiger partial charge is 0.0837 e. The maximum absolute atomic E-state index is 6.42. The van der Waals surface area contributed by atoms with Crippen molar-refractivity contribution >= 4 is 11.6 Å². The van der Waals surface area contributed by atoms with Crippen LogP contribution in [-0.2, 0) is 7.05 Å². The Balaban J connectivity index is 2.51. The number of aromatic nitrogens is 4. The van der Waals surface area contributed by atoms with Crippen molar-refractivity contribution in [2.45, 2.75) is 46.2 Å². The fourth-order valence-electron chi connectivity index (χ4n) is 2.47. The van der Waals surface area contributed by atoms with Gasteiger partial charge in [0.2, 0.25) is 0 Å². The Morgan fingerprint density at radius 1 is 1.29 bits per heavy atom. The first-order valence-electron chi connectivity index (χ1n) is 7.42. The quantitative estimate of drug-likeness (QED) is 0.891. The van der Waals surface area contributed by atoms with Crippen LogP contribution < -0.4 is 5.32 Å². The van der Waals surface area contributed by atoms with E-state index in [-0.39, 0.29) is 12.1 Å². The summed E-state index contributed by atoms with van der Waals surface area (Å²) in [5.74, 6) is 0. The van der Waals surface area contributed by atoms with Crippen LogP contribution in [0.2, 0.25) is 5.02 Å². The van der Waals surface area contributed by atoms with E-state index in [4.69, 9.17) is 11.6 Å².